The standard InChI is InChI=1S/C12H18O3/c1-3-7-10-11(15-10)8-5-4-6-9-12(13)14-2/h1,10-11H,4-9H2,2H3. The smallest absolute Gasteiger partial charge is 0.305 e. The van der Waals surface area contributed by atoms with Gasteiger partial charge in [-0.15, -0.1) is 12.3 Å². The Labute approximate surface area is 91.1 Å². The van der Waals surface area contributed by atoms with E-state index in [0.29, 0.717) is 18.6 Å². The van der Waals surface area contributed by atoms with Crippen molar-refractivity contribution in [2.45, 2.75) is 50.7 Å². The normalized spacial score (nSPS) is 23.2. The molecule has 1 heterocycles. The molecule has 0 aromatic rings. The predicted molar refractivity (Wildman–Crippen MR) is 57.2 cm³/mol. The second kappa shape index (κ2) is 6.47. The molecule has 0 spiro atoms. The lowest BCUT2D eigenvalue weighted by Crippen LogP contribution is -1.99. The van der Waals surface area contributed by atoms with Crippen molar-refractivity contribution in [1.82, 2.24) is 0 Å². The molecule has 84 valence electrons. The van der Waals surface area contributed by atoms with Crippen LogP contribution in [0.4, 0.5) is 0 Å². The minimum Gasteiger partial charge on any atom is -0.469 e. The van der Waals surface area contributed by atoms with E-state index < -0.39 is 0 Å². The number of epoxide rings is 1. The van der Waals surface area contributed by atoms with E-state index in [-0.39, 0.29) is 5.97 Å². The lowest BCUT2D eigenvalue weighted by molar-refractivity contribution is -0.140. The van der Waals surface area contributed by atoms with Crippen molar-refractivity contribution in [2.75, 3.05) is 7.11 Å². The van der Waals surface area contributed by atoms with Crippen LogP contribution in [0.25, 0.3) is 0 Å². The van der Waals surface area contributed by atoms with Crippen LogP contribution in [0.2, 0.25) is 0 Å². The molecule has 3 nitrogen and oxygen atoms in total. The van der Waals surface area contributed by atoms with Crippen LogP contribution >= 0.6 is 0 Å². The summed E-state index contributed by atoms with van der Waals surface area (Å²) in [6.45, 7) is 0. The van der Waals surface area contributed by atoms with Gasteiger partial charge >= 0.3 is 5.97 Å². The summed E-state index contributed by atoms with van der Waals surface area (Å²) in [7, 11) is 1.42. The molecule has 0 N–H and O–H groups in total. The molecule has 0 amide bonds. The zero-order chi connectivity index (χ0) is 11.1. The van der Waals surface area contributed by atoms with E-state index in [9.17, 15) is 4.79 Å². The molecule has 0 bridgehead atoms. The average molecular weight is 210 g/mol. The highest BCUT2D eigenvalue weighted by Crippen LogP contribution is 2.29. The van der Waals surface area contributed by atoms with Gasteiger partial charge in [0.05, 0.1) is 19.3 Å². The fourth-order valence-corrected chi connectivity index (χ4v) is 1.62. The van der Waals surface area contributed by atoms with Crippen LogP contribution < -0.4 is 0 Å². The first-order valence-electron chi connectivity index (χ1n) is 5.43. The van der Waals surface area contributed by atoms with Crippen LogP contribution in [0.3, 0.4) is 0 Å². The third-order valence-electron chi connectivity index (χ3n) is 2.60. The molecule has 1 aliphatic heterocycles. The van der Waals surface area contributed by atoms with Gasteiger partial charge in [0, 0.05) is 12.8 Å². The van der Waals surface area contributed by atoms with Crippen molar-refractivity contribution < 1.29 is 14.3 Å². The minimum atomic E-state index is -0.122. The van der Waals surface area contributed by atoms with Gasteiger partial charge in [-0.2, -0.15) is 0 Å². The number of carbonyl (C=O) groups excluding carboxylic acids is 1. The summed E-state index contributed by atoms with van der Waals surface area (Å²) in [5.41, 5.74) is 0. The molecular formula is C12H18O3. The molecule has 3 heteroatoms. The quantitative estimate of drug-likeness (QED) is 0.279. The van der Waals surface area contributed by atoms with Crippen LogP contribution in [0.1, 0.15) is 38.5 Å². The molecule has 1 saturated heterocycles. The SMILES string of the molecule is C#CCC1OC1CCCCCC(=O)OC. The van der Waals surface area contributed by atoms with Crippen LogP contribution in [-0.2, 0) is 14.3 Å². The van der Waals surface area contributed by atoms with E-state index >= 15 is 0 Å². The molecule has 1 rings (SSSR count). The molecule has 0 aromatic heterocycles. The van der Waals surface area contributed by atoms with E-state index in [2.05, 4.69) is 10.7 Å². The second-order valence-corrected chi connectivity index (χ2v) is 3.80. The van der Waals surface area contributed by atoms with E-state index in [1.807, 2.05) is 0 Å². The van der Waals surface area contributed by atoms with Crippen molar-refractivity contribution >= 4 is 5.97 Å². The lowest BCUT2D eigenvalue weighted by atomic mass is 10.1. The summed E-state index contributed by atoms with van der Waals surface area (Å²) in [5, 5.41) is 0. The summed E-state index contributed by atoms with van der Waals surface area (Å²) in [4.78, 5) is 10.8. The Hall–Kier alpha value is -1.01. The van der Waals surface area contributed by atoms with E-state index in [0.717, 1.165) is 32.1 Å². The maximum absolute atomic E-state index is 10.8. The topological polar surface area (TPSA) is 38.8 Å². The molecule has 2 unspecified atom stereocenters. The highest BCUT2D eigenvalue weighted by molar-refractivity contribution is 5.68. The number of esters is 1. The number of hydrogen-bond acceptors (Lipinski definition) is 3. The summed E-state index contributed by atoms with van der Waals surface area (Å²) in [6, 6.07) is 0. The minimum absolute atomic E-state index is 0.122. The van der Waals surface area contributed by atoms with E-state index in [1.165, 1.54) is 7.11 Å². The number of rotatable bonds is 7. The average Bonchev–Trinajstić information content (AvgIpc) is 2.96. The first-order chi connectivity index (χ1) is 7.27. The Morgan fingerprint density at radius 3 is 2.87 bits per heavy atom. The first-order valence-corrected chi connectivity index (χ1v) is 5.43. The van der Waals surface area contributed by atoms with Crippen LogP contribution in [0.5, 0.6) is 0 Å². The van der Waals surface area contributed by atoms with Gasteiger partial charge in [0.25, 0.3) is 0 Å². The molecule has 15 heavy (non-hydrogen) atoms. The lowest BCUT2D eigenvalue weighted by Gasteiger charge is -1.98. The number of carbonyl (C=O) groups is 1. The van der Waals surface area contributed by atoms with Crippen LogP contribution in [-0.4, -0.2) is 25.3 Å². The molecule has 1 aliphatic rings. The van der Waals surface area contributed by atoms with Gasteiger partial charge in [-0.3, -0.25) is 4.79 Å². The van der Waals surface area contributed by atoms with Crippen molar-refractivity contribution in [2.24, 2.45) is 0 Å². The second-order valence-electron chi connectivity index (χ2n) is 3.80. The zero-order valence-electron chi connectivity index (χ0n) is 9.20. The maximum Gasteiger partial charge on any atom is 0.305 e. The molecule has 0 radical (unpaired) electrons. The van der Waals surface area contributed by atoms with Gasteiger partial charge in [-0.25, -0.2) is 0 Å². The Bertz CT molecular complexity index is 242. The summed E-state index contributed by atoms with van der Waals surface area (Å²) in [5.74, 6) is 2.48. The van der Waals surface area contributed by atoms with Crippen molar-refractivity contribution in [3.8, 4) is 12.3 Å². The number of methoxy groups -OCH3 is 1. The van der Waals surface area contributed by atoms with Crippen molar-refractivity contribution in [3.05, 3.63) is 0 Å². The molecular weight excluding hydrogens is 192 g/mol. The number of terminal acetylenes is 1. The van der Waals surface area contributed by atoms with Gasteiger partial charge < -0.3 is 9.47 Å². The highest BCUT2D eigenvalue weighted by Gasteiger charge is 2.36. The summed E-state index contributed by atoms with van der Waals surface area (Å²) < 4.78 is 9.93. The van der Waals surface area contributed by atoms with E-state index in [4.69, 9.17) is 11.2 Å². The van der Waals surface area contributed by atoms with Gasteiger partial charge in [-0.05, 0) is 12.8 Å². The molecule has 0 aromatic carbocycles. The fraction of sp³-hybridized carbons (Fsp3) is 0.750. The van der Waals surface area contributed by atoms with Gasteiger partial charge in [0.2, 0.25) is 0 Å². The fourth-order valence-electron chi connectivity index (χ4n) is 1.62. The monoisotopic (exact) mass is 210 g/mol. The zero-order valence-corrected chi connectivity index (χ0v) is 9.20. The third kappa shape index (κ3) is 4.85. The van der Waals surface area contributed by atoms with Crippen LogP contribution in [0.15, 0.2) is 0 Å². The number of hydrogen-bond donors (Lipinski definition) is 0. The Kier molecular flexibility index (Phi) is 5.20. The van der Waals surface area contributed by atoms with Gasteiger partial charge in [0.15, 0.2) is 0 Å². The molecule has 0 aliphatic carbocycles. The summed E-state index contributed by atoms with van der Waals surface area (Å²) >= 11 is 0. The van der Waals surface area contributed by atoms with Gasteiger partial charge in [-0.1, -0.05) is 12.8 Å². The summed E-state index contributed by atoms with van der Waals surface area (Å²) in [6.07, 6.45) is 11.2. The maximum atomic E-state index is 10.8. The van der Waals surface area contributed by atoms with Crippen molar-refractivity contribution in [3.63, 3.8) is 0 Å². The number of ether oxygens (including phenoxy) is 2. The molecule has 2 atom stereocenters. The Balaban J connectivity index is 1.87. The van der Waals surface area contributed by atoms with Crippen molar-refractivity contribution in [1.29, 1.82) is 0 Å². The Morgan fingerprint density at radius 1 is 1.40 bits per heavy atom. The highest BCUT2D eigenvalue weighted by atomic mass is 16.6. The predicted octanol–water partition coefficient (Wildman–Crippen LogP) is 1.90. The van der Waals surface area contributed by atoms with Gasteiger partial charge in [0.1, 0.15) is 0 Å². The Morgan fingerprint density at radius 2 is 2.20 bits per heavy atom. The molecule has 1 fully saturated rings. The van der Waals surface area contributed by atoms with Crippen LogP contribution in [0, 0.1) is 12.3 Å². The first kappa shape index (κ1) is 12.1. The molecule has 0 saturated carbocycles. The third-order valence-corrected chi connectivity index (χ3v) is 2.60. The largest absolute Gasteiger partial charge is 0.469 e. The number of unbranched alkanes of at least 4 members (excludes halogenated alkanes) is 2. The van der Waals surface area contributed by atoms with E-state index in [1.54, 1.807) is 0 Å².